The summed E-state index contributed by atoms with van der Waals surface area (Å²) in [5, 5.41) is 0. The summed E-state index contributed by atoms with van der Waals surface area (Å²) in [5.74, 6) is -0.917. The summed E-state index contributed by atoms with van der Waals surface area (Å²) >= 11 is 0. The Kier molecular flexibility index (Phi) is 56.8. The standard InChI is InChI=1S/C65H114O6/c1-4-7-10-13-16-19-22-24-26-28-30-32-34-36-38-40-43-46-49-52-55-58-64(67)70-61-62(60-69-63(66)57-54-51-48-45-42-21-18-15-12-9-6-3)71-65(68)59-56-53-50-47-44-41-39-37-35-33-31-29-27-25-23-20-17-14-11-8-5-2/h7,10,16,19,24,26,30,32,36,38,43,46,62H,4-6,8-9,11-15,17-18,20-23,25,27-29,31,33-35,37,39-42,44-45,47-61H2,1-3H3/b10-7-,19-16-,26-24-,32-30-,38-36-,46-43-. The van der Waals surface area contributed by atoms with E-state index in [0.29, 0.717) is 19.3 Å². The second-order valence-electron chi connectivity index (χ2n) is 20.2. The lowest BCUT2D eigenvalue weighted by Crippen LogP contribution is -2.30. The molecule has 0 amide bonds. The molecule has 0 bridgehead atoms. The monoisotopic (exact) mass is 991 g/mol. The number of hydrogen-bond donors (Lipinski definition) is 0. The van der Waals surface area contributed by atoms with Crippen LogP contribution in [-0.2, 0) is 28.6 Å². The van der Waals surface area contributed by atoms with Crippen molar-refractivity contribution in [3.8, 4) is 0 Å². The van der Waals surface area contributed by atoms with Crippen LogP contribution in [0.1, 0.15) is 303 Å². The fraction of sp³-hybridized carbons (Fsp3) is 0.769. The first kappa shape index (κ1) is 67.8. The minimum Gasteiger partial charge on any atom is -0.462 e. The first-order valence-corrected chi connectivity index (χ1v) is 30.4. The second kappa shape index (κ2) is 59.4. The molecule has 0 saturated heterocycles. The Morgan fingerprint density at radius 1 is 0.296 bits per heavy atom. The second-order valence-corrected chi connectivity index (χ2v) is 20.2. The van der Waals surface area contributed by atoms with E-state index < -0.39 is 6.10 Å². The van der Waals surface area contributed by atoms with E-state index in [9.17, 15) is 14.4 Å². The van der Waals surface area contributed by atoms with Crippen molar-refractivity contribution in [2.24, 2.45) is 0 Å². The SMILES string of the molecule is CC/C=C\C/C=C\C/C=C\C/C=C\C/C=C\C/C=C\CCCCC(=O)OCC(COC(=O)CCCCCCCCCCCCC)OC(=O)CCCCCCCCCCCCCCCCCCCCCCC. The van der Waals surface area contributed by atoms with Crippen molar-refractivity contribution >= 4 is 17.9 Å². The summed E-state index contributed by atoms with van der Waals surface area (Å²) in [5.41, 5.74) is 0. The summed E-state index contributed by atoms with van der Waals surface area (Å²) in [7, 11) is 0. The van der Waals surface area contributed by atoms with Crippen molar-refractivity contribution in [2.75, 3.05) is 13.2 Å². The molecule has 1 unspecified atom stereocenters. The maximum absolute atomic E-state index is 12.9. The van der Waals surface area contributed by atoms with Crippen molar-refractivity contribution in [3.05, 3.63) is 72.9 Å². The Morgan fingerprint density at radius 3 is 0.859 bits per heavy atom. The zero-order valence-electron chi connectivity index (χ0n) is 47.0. The van der Waals surface area contributed by atoms with Crippen LogP contribution in [0.2, 0.25) is 0 Å². The number of esters is 3. The third kappa shape index (κ3) is 57.6. The highest BCUT2D eigenvalue weighted by Gasteiger charge is 2.19. The molecule has 0 aromatic heterocycles. The Morgan fingerprint density at radius 2 is 0.549 bits per heavy atom. The van der Waals surface area contributed by atoms with Crippen LogP contribution in [0.15, 0.2) is 72.9 Å². The molecule has 0 aliphatic heterocycles. The van der Waals surface area contributed by atoms with Gasteiger partial charge < -0.3 is 14.2 Å². The van der Waals surface area contributed by atoms with E-state index in [1.165, 1.54) is 167 Å². The molecule has 0 aromatic carbocycles. The summed E-state index contributed by atoms with van der Waals surface area (Å²) < 4.78 is 16.9. The Bertz CT molecular complexity index is 1320. The molecule has 0 heterocycles. The van der Waals surface area contributed by atoms with Gasteiger partial charge in [0, 0.05) is 19.3 Å². The molecule has 6 heteroatoms. The molecule has 410 valence electrons. The largest absolute Gasteiger partial charge is 0.462 e. The zero-order chi connectivity index (χ0) is 51.4. The maximum Gasteiger partial charge on any atom is 0.306 e. The number of allylic oxidation sites excluding steroid dienone is 12. The minimum absolute atomic E-state index is 0.0854. The highest BCUT2D eigenvalue weighted by atomic mass is 16.6. The van der Waals surface area contributed by atoms with Crippen LogP contribution in [0, 0.1) is 0 Å². The Labute approximate surface area is 440 Å². The van der Waals surface area contributed by atoms with Crippen molar-refractivity contribution in [1.29, 1.82) is 0 Å². The van der Waals surface area contributed by atoms with E-state index in [1.807, 2.05) is 0 Å². The lowest BCUT2D eigenvalue weighted by molar-refractivity contribution is -0.167. The van der Waals surface area contributed by atoms with Crippen LogP contribution in [0.4, 0.5) is 0 Å². The summed E-state index contributed by atoms with van der Waals surface area (Å²) in [6.07, 6.45) is 76.2. The lowest BCUT2D eigenvalue weighted by atomic mass is 10.0. The van der Waals surface area contributed by atoms with Gasteiger partial charge in [0.15, 0.2) is 6.10 Å². The van der Waals surface area contributed by atoms with Crippen molar-refractivity contribution in [1.82, 2.24) is 0 Å². The topological polar surface area (TPSA) is 78.9 Å². The summed E-state index contributed by atoms with van der Waals surface area (Å²) in [6.45, 7) is 6.52. The predicted molar refractivity (Wildman–Crippen MR) is 307 cm³/mol. The van der Waals surface area contributed by atoms with Gasteiger partial charge in [0.2, 0.25) is 0 Å². The summed E-state index contributed by atoms with van der Waals surface area (Å²) in [4.78, 5) is 38.2. The van der Waals surface area contributed by atoms with Crippen LogP contribution >= 0.6 is 0 Å². The first-order chi connectivity index (χ1) is 35.0. The Balaban J connectivity index is 4.36. The molecule has 0 aliphatic rings. The maximum atomic E-state index is 12.9. The third-order valence-electron chi connectivity index (χ3n) is 13.2. The molecule has 71 heavy (non-hydrogen) atoms. The van der Waals surface area contributed by atoms with E-state index in [-0.39, 0.29) is 31.1 Å². The number of carbonyl (C=O) groups excluding carboxylic acids is 3. The van der Waals surface area contributed by atoms with E-state index >= 15 is 0 Å². The quantitative estimate of drug-likeness (QED) is 0.0261. The van der Waals surface area contributed by atoms with Gasteiger partial charge in [0.25, 0.3) is 0 Å². The molecule has 6 nitrogen and oxygen atoms in total. The molecule has 0 aromatic rings. The van der Waals surface area contributed by atoms with Gasteiger partial charge in [-0.1, -0.05) is 286 Å². The molecule has 0 saturated carbocycles. The zero-order valence-corrected chi connectivity index (χ0v) is 47.0. The van der Waals surface area contributed by atoms with Gasteiger partial charge in [-0.15, -0.1) is 0 Å². The van der Waals surface area contributed by atoms with E-state index in [4.69, 9.17) is 14.2 Å². The number of hydrogen-bond acceptors (Lipinski definition) is 6. The molecule has 0 spiro atoms. The van der Waals surface area contributed by atoms with Gasteiger partial charge >= 0.3 is 17.9 Å². The number of rotatable bonds is 55. The number of unbranched alkanes of at least 4 members (excludes halogenated alkanes) is 32. The van der Waals surface area contributed by atoms with Crippen LogP contribution < -0.4 is 0 Å². The van der Waals surface area contributed by atoms with Crippen LogP contribution in [0.25, 0.3) is 0 Å². The first-order valence-electron chi connectivity index (χ1n) is 30.4. The van der Waals surface area contributed by atoms with Crippen molar-refractivity contribution in [3.63, 3.8) is 0 Å². The highest BCUT2D eigenvalue weighted by Crippen LogP contribution is 2.17. The molecule has 0 fully saturated rings. The normalized spacial score (nSPS) is 12.5. The Hall–Kier alpha value is -3.15. The molecular formula is C65H114O6. The predicted octanol–water partition coefficient (Wildman–Crippen LogP) is 20.5. The fourth-order valence-electron chi connectivity index (χ4n) is 8.68. The molecule has 0 rings (SSSR count). The van der Waals surface area contributed by atoms with E-state index in [1.54, 1.807) is 0 Å². The average Bonchev–Trinajstić information content (AvgIpc) is 3.37. The fourth-order valence-corrected chi connectivity index (χ4v) is 8.68. The van der Waals surface area contributed by atoms with Crippen molar-refractivity contribution in [2.45, 2.75) is 309 Å². The lowest BCUT2D eigenvalue weighted by Gasteiger charge is -2.18. The van der Waals surface area contributed by atoms with Crippen LogP contribution in [0.5, 0.6) is 0 Å². The van der Waals surface area contributed by atoms with Gasteiger partial charge in [-0.3, -0.25) is 14.4 Å². The molecule has 0 N–H and O–H groups in total. The average molecular weight is 992 g/mol. The van der Waals surface area contributed by atoms with E-state index in [2.05, 4.69) is 93.7 Å². The van der Waals surface area contributed by atoms with Gasteiger partial charge in [-0.05, 0) is 70.6 Å². The number of ether oxygens (including phenoxy) is 3. The minimum atomic E-state index is -0.790. The molecule has 0 aliphatic carbocycles. The highest BCUT2D eigenvalue weighted by molar-refractivity contribution is 5.71. The molecule has 0 radical (unpaired) electrons. The van der Waals surface area contributed by atoms with Gasteiger partial charge in [-0.2, -0.15) is 0 Å². The van der Waals surface area contributed by atoms with Gasteiger partial charge in [0.1, 0.15) is 13.2 Å². The van der Waals surface area contributed by atoms with Crippen molar-refractivity contribution < 1.29 is 28.6 Å². The number of carbonyl (C=O) groups is 3. The van der Waals surface area contributed by atoms with Gasteiger partial charge in [0.05, 0.1) is 0 Å². The molecular weight excluding hydrogens is 877 g/mol. The summed E-state index contributed by atoms with van der Waals surface area (Å²) in [6, 6.07) is 0. The van der Waals surface area contributed by atoms with Gasteiger partial charge in [-0.25, -0.2) is 0 Å². The van der Waals surface area contributed by atoms with Crippen LogP contribution in [-0.4, -0.2) is 37.2 Å². The molecule has 1 atom stereocenters. The smallest absolute Gasteiger partial charge is 0.306 e. The van der Waals surface area contributed by atoms with E-state index in [0.717, 1.165) is 96.3 Å². The van der Waals surface area contributed by atoms with Crippen LogP contribution in [0.3, 0.4) is 0 Å². The third-order valence-corrected chi connectivity index (χ3v) is 13.2.